The van der Waals surface area contributed by atoms with Gasteiger partial charge in [-0.25, -0.2) is 0 Å². The van der Waals surface area contributed by atoms with Crippen LogP contribution >= 0.6 is 0 Å². The lowest BCUT2D eigenvalue weighted by Crippen LogP contribution is -2.51. The van der Waals surface area contributed by atoms with E-state index in [4.69, 9.17) is 0 Å². The Balaban J connectivity index is 1.76. The molecule has 20 heavy (non-hydrogen) atoms. The molecule has 0 radical (unpaired) electrons. The maximum Gasteiger partial charge on any atom is 0.239 e. The zero-order chi connectivity index (χ0) is 14.4. The molecule has 114 valence electrons. The maximum atomic E-state index is 12.0. The number of likely N-dealkylation sites (tertiary alicyclic amines) is 1. The fraction of sp³-hybridized carbons (Fsp3) is 0.867. The second-order valence-corrected chi connectivity index (χ2v) is 5.95. The number of nitrogens with zero attached hydrogens (tertiary/aromatic N) is 1. The molecular formula is C15H27N3O2. The standard InChI is InChI=1S/C15H27N3O2/c1-2-16-14(19)10-17-15(20)11-18-9-5-7-12-6-3-4-8-13(12)18/h12-13H,2-11H2,1H3,(H,16,19)(H,17,20)/t12-,13+/m1/s1. The van der Waals surface area contributed by atoms with Crippen LogP contribution < -0.4 is 10.6 Å². The Morgan fingerprint density at radius 3 is 2.60 bits per heavy atom. The molecule has 0 aromatic heterocycles. The van der Waals surface area contributed by atoms with E-state index >= 15 is 0 Å². The van der Waals surface area contributed by atoms with Crippen LogP contribution in [0.2, 0.25) is 0 Å². The average Bonchev–Trinajstić information content (AvgIpc) is 2.46. The van der Waals surface area contributed by atoms with Crippen molar-refractivity contribution in [1.29, 1.82) is 0 Å². The van der Waals surface area contributed by atoms with Crippen LogP contribution in [0.1, 0.15) is 45.4 Å². The molecule has 1 saturated carbocycles. The lowest BCUT2D eigenvalue weighted by Gasteiger charge is -2.43. The first-order chi connectivity index (χ1) is 9.70. The van der Waals surface area contributed by atoms with E-state index in [1.807, 2.05) is 6.92 Å². The fourth-order valence-corrected chi connectivity index (χ4v) is 3.60. The van der Waals surface area contributed by atoms with Gasteiger partial charge in [0, 0.05) is 12.6 Å². The molecular weight excluding hydrogens is 254 g/mol. The van der Waals surface area contributed by atoms with Crippen LogP contribution in [0.15, 0.2) is 0 Å². The molecule has 0 aromatic rings. The highest BCUT2D eigenvalue weighted by Gasteiger charge is 2.33. The number of rotatable bonds is 5. The first-order valence-electron chi connectivity index (χ1n) is 7.98. The number of carbonyl (C=O) groups excluding carboxylic acids is 2. The van der Waals surface area contributed by atoms with Crippen molar-refractivity contribution in [3.05, 3.63) is 0 Å². The molecule has 1 heterocycles. The van der Waals surface area contributed by atoms with Gasteiger partial charge in [-0.1, -0.05) is 12.8 Å². The van der Waals surface area contributed by atoms with E-state index in [0.29, 0.717) is 19.1 Å². The summed E-state index contributed by atoms with van der Waals surface area (Å²) < 4.78 is 0. The molecule has 5 nitrogen and oxygen atoms in total. The highest BCUT2D eigenvalue weighted by molar-refractivity contribution is 5.85. The third-order valence-electron chi connectivity index (χ3n) is 4.52. The van der Waals surface area contributed by atoms with E-state index in [1.165, 1.54) is 38.5 Å². The predicted octanol–water partition coefficient (Wildman–Crippen LogP) is 0.893. The molecule has 0 aromatic carbocycles. The van der Waals surface area contributed by atoms with Crippen LogP contribution in [0.4, 0.5) is 0 Å². The van der Waals surface area contributed by atoms with Crippen molar-refractivity contribution < 1.29 is 9.59 Å². The van der Waals surface area contributed by atoms with Gasteiger partial charge in [0.2, 0.25) is 11.8 Å². The van der Waals surface area contributed by atoms with Crippen LogP contribution in [0, 0.1) is 5.92 Å². The Morgan fingerprint density at radius 1 is 1.05 bits per heavy atom. The normalized spacial score (nSPS) is 26.6. The molecule has 2 N–H and O–H groups in total. The number of fused-ring (bicyclic) bond motifs is 1. The van der Waals surface area contributed by atoms with Crippen molar-refractivity contribution in [2.24, 2.45) is 5.92 Å². The summed E-state index contributed by atoms with van der Waals surface area (Å²) in [5.41, 5.74) is 0. The number of amides is 2. The zero-order valence-corrected chi connectivity index (χ0v) is 12.5. The molecule has 2 rings (SSSR count). The van der Waals surface area contributed by atoms with Gasteiger partial charge in [0.25, 0.3) is 0 Å². The first kappa shape index (κ1) is 15.3. The van der Waals surface area contributed by atoms with Gasteiger partial charge in [-0.15, -0.1) is 0 Å². The molecule has 2 aliphatic rings. The Morgan fingerprint density at radius 2 is 1.80 bits per heavy atom. The number of nitrogens with one attached hydrogen (secondary N) is 2. The lowest BCUT2D eigenvalue weighted by molar-refractivity contribution is -0.127. The zero-order valence-electron chi connectivity index (χ0n) is 12.5. The minimum Gasteiger partial charge on any atom is -0.355 e. The summed E-state index contributed by atoms with van der Waals surface area (Å²) in [5.74, 6) is 0.645. The molecule has 2 fully saturated rings. The highest BCUT2D eigenvalue weighted by atomic mass is 16.2. The molecule has 0 unspecified atom stereocenters. The van der Waals surface area contributed by atoms with Gasteiger partial charge in [0.1, 0.15) is 0 Å². The van der Waals surface area contributed by atoms with Crippen molar-refractivity contribution in [2.75, 3.05) is 26.2 Å². The average molecular weight is 281 g/mol. The minimum atomic E-state index is -0.116. The van der Waals surface area contributed by atoms with Crippen molar-refractivity contribution >= 4 is 11.8 Å². The predicted molar refractivity (Wildman–Crippen MR) is 78.2 cm³/mol. The van der Waals surface area contributed by atoms with Crippen molar-refractivity contribution in [3.63, 3.8) is 0 Å². The Kier molecular flexibility index (Phi) is 5.83. The van der Waals surface area contributed by atoms with E-state index in [-0.39, 0.29) is 18.4 Å². The van der Waals surface area contributed by atoms with E-state index in [9.17, 15) is 9.59 Å². The van der Waals surface area contributed by atoms with Gasteiger partial charge in [-0.3, -0.25) is 14.5 Å². The van der Waals surface area contributed by atoms with Crippen LogP contribution in [-0.2, 0) is 9.59 Å². The summed E-state index contributed by atoms with van der Waals surface area (Å²) in [6, 6.07) is 0.590. The summed E-state index contributed by atoms with van der Waals surface area (Å²) in [6.45, 7) is 4.03. The van der Waals surface area contributed by atoms with E-state index < -0.39 is 0 Å². The van der Waals surface area contributed by atoms with Crippen LogP contribution in [0.3, 0.4) is 0 Å². The monoisotopic (exact) mass is 281 g/mol. The van der Waals surface area contributed by atoms with Gasteiger partial charge >= 0.3 is 0 Å². The van der Waals surface area contributed by atoms with Crippen LogP contribution in [0.5, 0.6) is 0 Å². The highest BCUT2D eigenvalue weighted by Crippen LogP contribution is 2.34. The van der Waals surface area contributed by atoms with Gasteiger partial charge in [-0.2, -0.15) is 0 Å². The molecule has 0 bridgehead atoms. The smallest absolute Gasteiger partial charge is 0.239 e. The van der Waals surface area contributed by atoms with Gasteiger partial charge in [0.15, 0.2) is 0 Å². The SMILES string of the molecule is CCNC(=O)CNC(=O)CN1CCC[C@H]2CCCC[C@@H]21. The summed E-state index contributed by atoms with van der Waals surface area (Å²) in [4.78, 5) is 25.6. The molecule has 1 aliphatic carbocycles. The molecule has 1 saturated heterocycles. The second-order valence-electron chi connectivity index (χ2n) is 5.95. The molecule has 1 aliphatic heterocycles. The third-order valence-corrected chi connectivity index (χ3v) is 4.52. The molecule has 2 atom stereocenters. The summed E-state index contributed by atoms with van der Waals surface area (Å²) in [5, 5.41) is 5.40. The summed E-state index contributed by atoms with van der Waals surface area (Å²) in [7, 11) is 0. The minimum absolute atomic E-state index is 0.0255. The molecule has 2 amide bonds. The molecule has 5 heteroatoms. The van der Waals surface area contributed by atoms with Gasteiger partial charge in [0.05, 0.1) is 13.1 Å². The first-order valence-corrected chi connectivity index (χ1v) is 7.98. The number of hydrogen-bond donors (Lipinski definition) is 2. The summed E-state index contributed by atoms with van der Waals surface area (Å²) in [6.07, 6.45) is 7.71. The number of likely N-dealkylation sites (N-methyl/N-ethyl adjacent to an activating group) is 1. The van der Waals surface area contributed by atoms with Crippen molar-refractivity contribution in [2.45, 2.75) is 51.5 Å². The van der Waals surface area contributed by atoms with Gasteiger partial charge in [-0.05, 0) is 45.1 Å². The summed E-state index contributed by atoms with van der Waals surface area (Å²) >= 11 is 0. The Labute approximate surface area is 121 Å². The number of carbonyl (C=O) groups is 2. The fourth-order valence-electron chi connectivity index (χ4n) is 3.60. The third kappa shape index (κ3) is 4.20. The van der Waals surface area contributed by atoms with E-state index in [2.05, 4.69) is 15.5 Å². The van der Waals surface area contributed by atoms with Crippen molar-refractivity contribution in [3.8, 4) is 0 Å². The number of piperidine rings is 1. The van der Waals surface area contributed by atoms with Crippen LogP contribution in [0.25, 0.3) is 0 Å². The lowest BCUT2D eigenvalue weighted by atomic mass is 9.78. The molecule has 0 spiro atoms. The topological polar surface area (TPSA) is 61.4 Å². The Bertz CT molecular complexity index is 344. The Hall–Kier alpha value is -1.10. The maximum absolute atomic E-state index is 12.0. The largest absolute Gasteiger partial charge is 0.355 e. The van der Waals surface area contributed by atoms with E-state index in [0.717, 1.165) is 12.5 Å². The van der Waals surface area contributed by atoms with Crippen molar-refractivity contribution in [1.82, 2.24) is 15.5 Å². The van der Waals surface area contributed by atoms with Crippen LogP contribution in [-0.4, -0.2) is 48.9 Å². The number of hydrogen-bond acceptors (Lipinski definition) is 3. The quantitative estimate of drug-likeness (QED) is 0.787. The van der Waals surface area contributed by atoms with Gasteiger partial charge < -0.3 is 10.6 Å². The van der Waals surface area contributed by atoms with E-state index in [1.54, 1.807) is 0 Å². The second kappa shape index (κ2) is 7.62.